The fourth-order valence-electron chi connectivity index (χ4n) is 6.91. The largest absolute Gasteiger partial charge is 0.482 e. The molecule has 3 saturated carbocycles. The Balaban J connectivity index is 1.27. The maximum atomic E-state index is 13.0. The summed E-state index contributed by atoms with van der Waals surface area (Å²) in [4.78, 5) is 13.0. The normalized spacial score (nSPS) is 36.2. The third-order valence-corrected chi connectivity index (χ3v) is 9.07. The zero-order chi connectivity index (χ0) is 22.3. The highest BCUT2D eigenvalue weighted by atomic mass is 16.7. The summed E-state index contributed by atoms with van der Waals surface area (Å²) in [6, 6.07) is 10.8. The van der Waals surface area contributed by atoms with E-state index in [1.807, 2.05) is 6.07 Å². The van der Waals surface area contributed by atoms with Crippen LogP contribution in [0.5, 0.6) is 0 Å². The van der Waals surface area contributed by atoms with Gasteiger partial charge < -0.3 is 19.9 Å². The molecule has 32 heavy (non-hydrogen) atoms. The highest BCUT2D eigenvalue weighted by molar-refractivity contribution is 6.48. The molecule has 1 aromatic rings. The van der Waals surface area contributed by atoms with Crippen LogP contribution in [0, 0.1) is 17.3 Å². The molecule has 2 heterocycles. The van der Waals surface area contributed by atoms with E-state index in [4.69, 9.17) is 9.31 Å². The number of nitrogens with one attached hydrogen (secondary N) is 2. The molecule has 6 atom stereocenters. The van der Waals surface area contributed by atoms with Crippen LogP contribution in [0.15, 0.2) is 30.3 Å². The zero-order valence-electron chi connectivity index (χ0n) is 19.9. The van der Waals surface area contributed by atoms with E-state index in [9.17, 15) is 4.79 Å². The SMILES string of the molecule is CC1(C)[C@@H]2C[C@H]3OB([C@H](Cc4ccccc4)NC(=O)CCC4CCCCN4)O[C@@]3(C)[C@H]1C2. The number of amides is 1. The first-order valence-corrected chi connectivity index (χ1v) is 12.8. The third-order valence-electron chi connectivity index (χ3n) is 9.07. The van der Waals surface area contributed by atoms with Crippen molar-refractivity contribution in [1.82, 2.24) is 10.6 Å². The minimum Gasteiger partial charge on any atom is -0.404 e. The monoisotopic (exact) mass is 438 g/mol. The lowest BCUT2D eigenvalue weighted by Crippen LogP contribution is -2.65. The molecule has 0 radical (unpaired) electrons. The lowest BCUT2D eigenvalue weighted by molar-refractivity contribution is -0.199. The summed E-state index contributed by atoms with van der Waals surface area (Å²) < 4.78 is 13.3. The smallest absolute Gasteiger partial charge is 0.404 e. The van der Waals surface area contributed by atoms with Gasteiger partial charge in [0.2, 0.25) is 5.91 Å². The maximum absolute atomic E-state index is 13.0. The summed E-state index contributed by atoms with van der Waals surface area (Å²) in [6.07, 6.45) is 8.28. The molecule has 0 aromatic heterocycles. The molecular formula is C26H39BN2O3. The zero-order valence-corrected chi connectivity index (χ0v) is 19.9. The summed E-state index contributed by atoms with van der Waals surface area (Å²) in [5.74, 6) is 1.18. The second-order valence-electron chi connectivity index (χ2n) is 11.4. The van der Waals surface area contributed by atoms with Crippen LogP contribution in [-0.2, 0) is 20.5 Å². The first-order chi connectivity index (χ1) is 15.4. The second kappa shape index (κ2) is 8.77. The van der Waals surface area contributed by atoms with E-state index in [-0.39, 0.29) is 23.6 Å². The van der Waals surface area contributed by atoms with Crippen molar-refractivity contribution in [3.05, 3.63) is 35.9 Å². The number of carbonyl (C=O) groups excluding carboxylic acids is 1. The molecule has 1 amide bonds. The number of carbonyl (C=O) groups is 1. The average molecular weight is 438 g/mol. The van der Waals surface area contributed by atoms with Crippen molar-refractivity contribution >= 4 is 13.0 Å². The summed E-state index contributed by atoms with van der Waals surface area (Å²) >= 11 is 0. The molecule has 5 fully saturated rings. The van der Waals surface area contributed by atoms with Crippen LogP contribution >= 0.6 is 0 Å². The molecule has 5 aliphatic rings. The second-order valence-corrected chi connectivity index (χ2v) is 11.4. The standard InChI is InChI=1S/C26H39BN2O3/c1-25(2)19-16-21(25)26(3)22(17-19)31-27(32-26)23(15-18-9-5-4-6-10-18)29-24(30)13-12-20-11-7-8-14-28-20/h4-6,9-10,19-23,28H,7-8,11-17H2,1-3H3,(H,29,30)/t19-,20?,21-,22+,23-,26-/m0/s1. The van der Waals surface area contributed by atoms with Gasteiger partial charge in [-0.15, -0.1) is 0 Å². The minimum absolute atomic E-state index is 0.107. The average Bonchev–Trinajstić information content (AvgIpc) is 3.16. The van der Waals surface area contributed by atoms with Crippen LogP contribution < -0.4 is 10.6 Å². The molecule has 6 rings (SSSR count). The van der Waals surface area contributed by atoms with Crippen molar-refractivity contribution in [1.29, 1.82) is 0 Å². The van der Waals surface area contributed by atoms with Gasteiger partial charge in [-0.1, -0.05) is 50.6 Å². The molecule has 2 N–H and O–H groups in total. The molecule has 1 unspecified atom stereocenters. The number of benzene rings is 1. The van der Waals surface area contributed by atoms with E-state index in [0.717, 1.165) is 31.7 Å². The molecule has 6 heteroatoms. The van der Waals surface area contributed by atoms with Gasteiger partial charge >= 0.3 is 7.12 Å². The summed E-state index contributed by atoms with van der Waals surface area (Å²) in [5, 5.41) is 6.86. The minimum atomic E-state index is -0.392. The van der Waals surface area contributed by atoms with Crippen LogP contribution in [-0.4, -0.2) is 43.3 Å². The van der Waals surface area contributed by atoms with Crippen LogP contribution in [0.1, 0.15) is 71.3 Å². The Morgan fingerprint density at radius 2 is 2.03 bits per heavy atom. The molecule has 0 spiro atoms. The highest BCUT2D eigenvalue weighted by Crippen LogP contribution is 2.65. The Morgan fingerprint density at radius 1 is 1.22 bits per heavy atom. The van der Waals surface area contributed by atoms with Crippen LogP contribution in [0.4, 0.5) is 0 Å². The van der Waals surface area contributed by atoms with Crippen LogP contribution in [0.25, 0.3) is 0 Å². The number of piperidine rings is 1. The fourth-order valence-corrected chi connectivity index (χ4v) is 6.91. The first kappa shape index (κ1) is 22.4. The predicted octanol–water partition coefficient (Wildman–Crippen LogP) is 3.90. The Hall–Kier alpha value is -1.37. The lowest BCUT2D eigenvalue weighted by atomic mass is 9.43. The van der Waals surface area contributed by atoms with Crippen molar-refractivity contribution in [2.24, 2.45) is 17.3 Å². The first-order valence-electron chi connectivity index (χ1n) is 12.8. The summed E-state index contributed by atoms with van der Waals surface area (Å²) in [6.45, 7) is 8.08. The van der Waals surface area contributed by atoms with Crippen molar-refractivity contribution in [2.45, 2.75) is 95.8 Å². The van der Waals surface area contributed by atoms with Crippen LogP contribution in [0.2, 0.25) is 0 Å². The lowest BCUT2D eigenvalue weighted by Gasteiger charge is -2.64. The van der Waals surface area contributed by atoms with Gasteiger partial charge in [0, 0.05) is 12.5 Å². The topological polar surface area (TPSA) is 59.6 Å². The Kier molecular flexibility index (Phi) is 6.15. The van der Waals surface area contributed by atoms with Crippen molar-refractivity contribution in [3.63, 3.8) is 0 Å². The highest BCUT2D eigenvalue weighted by Gasteiger charge is 2.68. The molecule has 2 aliphatic heterocycles. The summed E-state index contributed by atoms with van der Waals surface area (Å²) in [5.41, 5.74) is 1.26. The van der Waals surface area contributed by atoms with Crippen molar-refractivity contribution < 1.29 is 14.1 Å². The predicted molar refractivity (Wildman–Crippen MR) is 127 cm³/mol. The molecule has 1 aromatic carbocycles. The molecule has 174 valence electrons. The van der Waals surface area contributed by atoms with Crippen LogP contribution in [0.3, 0.4) is 0 Å². The van der Waals surface area contributed by atoms with Crippen molar-refractivity contribution in [3.8, 4) is 0 Å². The van der Waals surface area contributed by atoms with E-state index in [0.29, 0.717) is 23.8 Å². The Bertz CT molecular complexity index is 813. The van der Waals surface area contributed by atoms with E-state index < -0.39 is 7.12 Å². The van der Waals surface area contributed by atoms with Crippen molar-refractivity contribution in [2.75, 3.05) is 6.54 Å². The van der Waals surface area contributed by atoms with E-state index in [2.05, 4.69) is 55.7 Å². The Morgan fingerprint density at radius 3 is 2.75 bits per heavy atom. The van der Waals surface area contributed by atoms with E-state index in [1.165, 1.54) is 31.2 Å². The molecule has 5 nitrogen and oxygen atoms in total. The maximum Gasteiger partial charge on any atom is 0.482 e. The molecule has 2 saturated heterocycles. The summed E-state index contributed by atoms with van der Waals surface area (Å²) in [7, 11) is -0.392. The fraction of sp³-hybridized carbons (Fsp3) is 0.731. The van der Waals surface area contributed by atoms with Gasteiger partial charge in [0.25, 0.3) is 0 Å². The van der Waals surface area contributed by atoms with E-state index >= 15 is 0 Å². The molecular weight excluding hydrogens is 399 g/mol. The molecule has 3 aliphatic carbocycles. The van der Waals surface area contributed by atoms with Gasteiger partial charge in [-0.25, -0.2) is 0 Å². The van der Waals surface area contributed by atoms with E-state index in [1.54, 1.807) is 0 Å². The Labute approximate surface area is 193 Å². The van der Waals surface area contributed by atoms with Gasteiger partial charge in [0.05, 0.1) is 17.6 Å². The van der Waals surface area contributed by atoms with Gasteiger partial charge in [-0.05, 0) is 74.8 Å². The van der Waals surface area contributed by atoms with Gasteiger partial charge in [-0.2, -0.15) is 0 Å². The number of hydrogen-bond donors (Lipinski definition) is 2. The number of hydrogen-bond acceptors (Lipinski definition) is 4. The quantitative estimate of drug-likeness (QED) is 0.634. The number of rotatable bonds is 7. The molecule has 2 bridgehead atoms. The van der Waals surface area contributed by atoms with Gasteiger partial charge in [0.15, 0.2) is 0 Å². The van der Waals surface area contributed by atoms with Gasteiger partial charge in [-0.3, -0.25) is 4.79 Å². The van der Waals surface area contributed by atoms with Gasteiger partial charge in [0.1, 0.15) is 0 Å². The third kappa shape index (κ3) is 4.14.